The van der Waals surface area contributed by atoms with Crippen LogP contribution in [0.4, 0.5) is 5.69 Å². The predicted octanol–water partition coefficient (Wildman–Crippen LogP) is 2.69. The Balaban J connectivity index is 1.66. The maximum atomic E-state index is 12.7. The van der Waals surface area contributed by atoms with Gasteiger partial charge in [0.25, 0.3) is 0 Å². The molecule has 3 aromatic rings. The van der Waals surface area contributed by atoms with Crippen molar-refractivity contribution < 1.29 is 13.2 Å². The summed E-state index contributed by atoms with van der Waals surface area (Å²) in [5.41, 5.74) is 4.24. The number of carbonyl (C=O) groups excluding carboxylic acids is 1. The molecule has 0 saturated carbocycles. The van der Waals surface area contributed by atoms with Gasteiger partial charge >= 0.3 is 0 Å². The summed E-state index contributed by atoms with van der Waals surface area (Å²) >= 11 is 0. The van der Waals surface area contributed by atoms with Crippen LogP contribution in [0.15, 0.2) is 42.5 Å². The van der Waals surface area contributed by atoms with Gasteiger partial charge in [-0.1, -0.05) is 30.3 Å². The molecule has 2 saturated heterocycles. The lowest BCUT2D eigenvalue weighted by Crippen LogP contribution is -2.52. The number of carbonyl (C=O) groups is 1. The first-order valence-electron chi connectivity index (χ1n) is 11.8. The van der Waals surface area contributed by atoms with Gasteiger partial charge in [-0.05, 0) is 56.0 Å². The van der Waals surface area contributed by atoms with Crippen LogP contribution in [0.25, 0.3) is 11.0 Å². The SMILES string of the molecule is CCS(=O)(=O)Nc1cc(C2CN(C)C(=O)C3NCCC32)cc2c1nc(C)n2Cc1ccccc1. The molecule has 0 bridgehead atoms. The number of nitrogens with zero attached hydrogens (tertiary/aromatic N) is 3. The third kappa shape index (κ3) is 4.07. The third-order valence-electron chi connectivity index (χ3n) is 7.22. The summed E-state index contributed by atoms with van der Waals surface area (Å²) in [7, 11) is -1.65. The van der Waals surface area contributed by atoms with Gasteiger partial charge in [0, 0.05) is 26.1 Å². The van der Waals surface area contributed by atoms with Crippen molar-refractivity contribution in [1.82, 2.24) is 19.8 Å². The molecule has 9 heteroatoms. The summed E-state index contributed by atoms with van der Waals surface area (Å²) in [4.78, 5) is 19.3. The minimum absolute atomic E-state index is 0.0162. The van der Waals surface area contributed by atoms with Crippen LogP contribution in [0.5, 0.6) is 0 Å². The first kappa shape index (κ1) is 22.9. The van der Waals surface area contributed by atoms with E-state index in [1.54, 1.807) is 11.8 Å². The Labute approximate surface area is 200 Å². The molecule has 2 fully saturated rings. The van der Waals surface area contributed by atoms with E-state index in [9.17, 15) is 13.2 Å². The molecule has 2 aliphatic heterocycles. The second kappa shape index (κ2) is 8.70. The van der Waals surface area contributed by atoms with Gasteiger partial charge in [-0.3, -0.25) is 9.52 Å². The Morgan fingerprint density at radius 1 is 1.21 bits per heavy atom. The summed E-state index contributed by atoms with van der Waals surface area (Å²) in [6.07, 6.45) is 0.922. The number of amides is 1. The number of likely N-dealkylation sites (tertiary alicyclic amines) is 1. The van der Waals surface area contributed by atoms with Crippen molar-refractivity contribution in [3.63, 3.8) is 0 Å². The monoisotopic (exact) mass is 481 g/mol. The van der Waals surface area contributed by atoms with Crippen molar-refractivity contribution in [2.45, 2.75) is 38.8 Å². The number of likely N-dealkylation sites (N-methyl/N-ethyl adjacent to an activating group) is 1. The molecule has 0 aliphatic carbocycles. The number of hydrogen-bond acceptors (Lipinski definition) is 5. The summed E-state index contributed by atoms with van der Waals surface area (Å²) in [5, 5.41) is 3.37. The largest absolute Gasteiger partial charge is 0.344 e. The van der Waals surface area contributed by atoms with Crippen molar-refractivity contribution in [2.75, 3.05) is 30.6 Å². The van der Waals surface area contributed by atoms with Crippen molar-refractivity contribution in [3.05, 3.63) is 59.4 Å². The lowest BCUT2D eigenvalue weighted by atomic mass is 9.77. The molecule has 2 aromatic carbocycles. The number of piperidine rings is 1. The zero-order valence-electron chi connectivity index (χ0n) is 19.8. The van der Waals surface area contributed by atoms with Crippen LogP contribution in [0.2, 0.25) is 0 Å². The molecule has 1 aromatic heterocycles. The number of sulfonamides is 1. The van der Waals surface area contributed by atoms with Gasteiger partial charge < -0.3 is 14.8 Å². The summed E-state index contributed by atoms with van der Waals surface area (Å²) in [6, 6.07) is 14.1. The number of benzene rings is 2. The number of aryl methyl sites for hydroxylation is 1. The molecular weight excluding hydrogens is 450 g/mol. The lowest BCUT2D eigenvalue weighted by Gasteiger charge is -2.38. The predicted molar refractivity (Wildman–Crippen MR) is 133 cm³/mol. The first-order chi connectivity index (χ1) is 16.3. The van der Waals surface area contributed by atoms with Gasteiger partial charge in [-0.2, -0.15) is 0 Å². The van der Waals surface area contributed by atoms with Crippen molar-refractivity contribution >= 4 is 32.7 Å². The fraction of sp³-hybridized carbons (Fsp3) is 0.440. The number of aromatic nitrogens is 2. The van der Waals surface area contributed by atoms with Crippen LogP contribution >= 0.6 is 0 Å². The normalized spacial score (nSPS) is 22.9. The molecule has 0 radical (unpaired) electrons. The van der Waals surface area contributed by atoms with Crippen LogP contribution in [0.1, 0.15) is 36.2 Å². The van der Waals surface area contributed by atoms with Gasteiger partial charge in [0.05, 0.1) is 23.0 Å². The molecule has 0 spiro atoms. The number of anilines is 1. The number of imidazole rings is 1. The maximum Gasteiger partial charge on any atom is 0.239 e. The summed E-state index contributed by atoms with van der Waals surface area (Å²) in [6.45, 7) is 5.64. The van der Waals surface area contributed by atoms with E-state index < -0.39 is 10.0 Å². The average molecular weight is 482 g/mol. The number of rotatable bonds is 6. The highest BCUT2D eigenvalue weighted by atomic mass is 32.2. The molecule has 34 heavy (non-hydrogen) atoms. The van der Waals surface area contributed by atoms with Crippen molar-refractivity contribution in [1.29, 1.82) is 0 Å². The lowest BCUT2D eigenvalue weighted by molar-refractivity contribution is -0.136. The molecule has 8 nitrogen and oxygen atoms in total. The first-order valence-corrected chi connectivity index (χ1v) is 13.5. The highest BCUT2D eigenvalue weighted by Crippen LogP contribution is 2.40. The third-order valence-corrected chi connectivity index (χ3v) is 8.52. The molecule has 2 N–H and O–H groups in total. The minimum Gasteiger partial charge on any atom is -0.344 e. The smallest absolute Gasteiger partial charge is 0.239 e. The molecular formula is C25H31N5O3S. The Kier molecular flexibility index (Phi) is 5.85. The van der Waals surface area contributed by atoms with E-state index in [0.29, 0.717) is 24.3 Å². The van der Waals surface area contributed by atoms with E-state index in [2.05, 4.69) is 32.8 Å². The second-order valence-corrected chi connectivity index (χ2v) is 11.4. The maximum absolute atomic E-state index is 12.7. The van der Waals surface area contributed by atoms with Crippen LogP contribution in [0.3, 0.4) is 0 Å². The number of fused-ring (bicyclic) bond motifs is 2. The van der Waals surface area contributed by atoms with Gasteiger partial charge in [0.1, 0.15) is 11.3 Å². The molecule has 1 amide bonds. The van der Waals surface area contributed by atoms with E-state index in [1.807, 2.05) is 38.2 Å². The fourth-order valence-corrected chi connectivity index (χ4v) is 6.03. The molecule has 3 heterocycles. The highest BCUT2D eigenvalue weighted by molar-refractivity contribution is 7.92. The van der Waals surface area contributed by atoms with Crippen LogP contribution in [-0.4, -0.2) is 60.7 Å². The average Bonchev–Trinajstić information content (AvgIpc) is 3.43. The van der Waals surface area contributed by atoms with Crippen LogP contribution in [0, 0.1) is 12.8 Å². The topological polar surface area (TPSA) is 96.3 Å². The Morgan fingerprint density at radius 2 is 1.97 bits per heavy atom. The second-order valence-electron chi connectivity index (χ2n) is 9.38. The van der Waals surface area contributed by atoms with E-state index in [0.717, 1.165) is 35.4 Å². The minimum atomic E-state index is -3.49. The van der Waals surface area contributed by atoms with Crippen LogP contribution in [-0.2, 0) is 21.4 Å². The highest BCUT2D eigenvalue weighted by Gasteiger charge is 2.44. The Morgan fingerprint density at radius 3 is 2.71 bits per heavy atom. The van der Waals surface area contributed by atoms with E-state index >= 15 is 0 Å². The van der Waals surface area contributed by atoms with Crippen molar-refractivity contribution in [3.8, 4) is 0 Å². The fourth-order valence-electron chi connectivity index (χ4n) is 5.40. The van der Waals surface area contributed by atoms with Gasteiger partial charge in [-0.15, -0.1) is 0 Å². The molecule has 2 aliphatic rings. The van der Waals surface area contributed by atoms with E-state index in [4.69, 9.17) is 4.98 Å². The molecule has 3 atom stereocenters. The van der Waals surface area contributed by atoms with Crippen molar-refractivity contribution in [2.24, 2.45) is 5.92 Å². The molecule has 180 valence electrons. The van der Waals surface area contributed by atoms with Gasteiger partial charge in [-0.25, -0.2) is 13.4 Å². The zero-order valence-corrected chi connectivity index (χ0v) is 20.6. The zero-order chi connectivity index (χ0) is 24.0. The Bertz CT molecular complexity index is 1340. The van der Waals surface area contributed by atoms with E-state index in [-0.39, 0.29) is 29.5 Å². The molecule has 3 unspecified atom stereocenters. The van der Waals surface area contributed by atoms with E-state index in [1.165, 1.54) is 0 Å². The quantitative estimate of drug-likeness (QED) is 0.564. The standard InChI is InChI=1S/C25H31N5O3S/c1-4-34(32,33)28-21-12-18(20-15-29(3)25(31)23-19(20)10-11-26-23)13-22-24(21)27-16(2)30(22)14-17-8-6-5-7-9-17/h5-9,12-13,19-20,23,26,28H,4,10-11,14-15H2,1-3H3. The van der Waals surface area contributed by atoms with Crippen LogP contribution < -0.4 is 10.0 Å². The molecule has 5 rings (SSSR count). The number of hydrogen-bond donors (Lipinski definition) is 2. The van der Waals surface area contributed by atoms with Gasteiger partial charge in [0.15, 0.2) is 0 Å². The summed E-state index contributed by atoms with van der Waals surface area (Å²) < 4.78 is 30.0. The number of nitrogens with one attached hydrogen (secondary N) is 2. The van der Waals surface area contributed by atoms with Gasteiger partial charge in [0.2, 0.25) is 15.9 Å². The summed E-state index contributed by atoms with van der Waals surface area (Å²) in [5.74, 6) is 1.24. The Hall–Kier alpha value is -2.91.